The van der Waals surface area contributed by atoms with E-state index < -0.39 is 125 Å². The summed E-state index contributed by atoms with van der Waals surface area (Å²) in [7, 11) is 1.33. The van der Waals surface area contributed by atoms with Gasteiger partial charge in [-0.3, -0.25) is 14.4 Å². The molecule has 18 nitrogen and oxygen atoms in total. The number of allylic oxidation sites excluding steroid dienone is 4. The molecule has 362 valence electrons. The van der Waals surface area contributed by atoms with Crippen LogP contribution in [0.15, 0.2) is 40.9 Å². The maximum absolute atomic E-state index is 17.5. The maximum atomic E-state index is 17.5. The van der Waals surface area contributed by atoms with Crippen LogP contribution in [0.4, 0.5) is 19.3 Å². The first-order chi connectivity index (χ1) is 31.6. The molecule has 0 bridgehead atoms. The number of amides is 1. The Morgan fingerprint density at radius 2 is 1.66 bits per heavy atom. The summed E-state index contributed by atoms with van der Waals surface area (Å²) in [5.74, 6) is -7.21. The molecule has 5 fully saturated rings. The number of methoxy groups -OCH3 is 1. The van der Waals surface area contributed by atoms with E-state index in [0.29, 0.717) is 18.4 Å². The van der Waals surface area contributed by atoms with Gasteiger partial charge in [0.2, 0.25) is 18.0 Å². The van der Waals surface area contributed by atoms with Gasteiger partial charge in [0.05, 0.1) is 24.1 Å². The number of halogens is 2. The van der Waals surface area contributed by atoms with Gasteiger partial charge in [0.1, 0.15) is 30.1 Å². The number of fused-ring (bicyclic) bond motifs is 6. The van der Waals surface area contributed by atoms with Crippen LogP contribution in [0.5, 0.6) is 5.75 Å². The average Bonchev–Trinajstić information content (AvgIpc) is 4.10. The third-order valence-electron chi connectivity index (χ3n) is 15.6. The van der Waals surface area contributed by atoms with Crippen molar-refractivity contribution in [2.45, 2.75) is 95.7 Å². The van der Waals surface area contributed by atoms with Crippen molar-refractivity contribution in [1.82, 2.24) is 9.47 Å². The fourth-order valence-corrected chi connectivity index (χ4v) is 12.1. The molecular formula is C47H55F2N3O15. The summed E-state index contributed by atoms with van der Waals surface area (Å²) < 4.78 is 60.9. The summed E-state index contributed by atoms with van der Waals surface area (Å²) in [5, 5.41) is 33.2. The lowest BCUT2D eigenvalue weighted by Crippen LogP contribution is -2.69. The first kappa shape index (κ1) is 47.8. The SMILES string of the molecule is COc1c(N2CCN(C(=O)OCOC(=O)COCC(=O)OCC(=O)[C@@]3(O)[C@H](C)CC4C5CCC6=CC(=O)C=C[C@]6(C)[C@@]5(F)[C@@H](O)C[C@@]43C)C(C)C2)c(F)cc2c(=O)c(C(=O)O)cn(C3CC3)c12. The Morgan fingerprint density at radius 3 is 2.31 bits per heavy atom. The van der Waals surface area contributed by atoms with Gasteiger partial charge in [0.15, 0.2) is 29.6 Å². The van der Waals surface area contributed by atoms with Gasteiger partial charge in [0.25, 0.3) is 0 Å². The number of carbonyl (C=O) groups excluding carboxylic acids is 5. The molecule has 9 atom stereocenters. The van der Waals surface area contributed by atoms with E-state index >= 15 is 8.78 Å². The van der Waals surface area contributed by atoms with Gasteiger partial charge in [-0.2, -0.15) is 0 Å². The van der Waals surface area contributed by atoms with Crippen molar-refractivity contribution in [2.24, 2.45) is 28.6 Å². The summed E-state index contributed by atoms with van der Waals surface area (Å²) >= 11 is 0. The number of alkyl halides is 1. The van der Waals surface area contributed by atoms with E-state index in [1.807, 2.05) is 0 Å². The number of esters is 2. The number of ether oxygens (including phenoxy) is 5. The lowest BCUT2D eigenvalue weighted by atomic mass is 9.44. The van der Waals surface area contributed by atoms with Crippen molar-refractivity contribution in [3.05, 3.63) is 57.7 Å². The first-order valence-electron chi connectivity index (χ1n) is 22.4. The number of nitrogens with zero attached hydrogens (tertiary/aromatic N) is 3. The molecule has 0 radical (unpaired) electrons. The second-order valence-corrected chi connectivity index (χ2v) is 19.2. The topological polar surface area (TPSA) is 238 Å². The number of anilines is 1. The quantitative estimate of drug-likeness (QED) is 0.191. The zero-order chi connectivity index (χ0) is 48.5. The molecule has 1 saturated heterocycles. The van der Waals surface area contributed by atoms with Crippen LogP contribution < -0.4 is 15.1 Å². The minimum Gasteiger partial charge on any atom is -0.492 e. The van der Waals surface area contributed by atoms with Gasteiger partial charge in [-0.15, -0.1) is 0 Å². The number of carboxylic acids is 1. The molecule has 1 amide bonds. The number of aliphatic hydroxyl groups is 2. The van der Waals surface area contributed by atoms with Crippen LogP contribution in [0, 0.1) is 34.4 Å². The van der Waals surface area contributed by atoms with Crippen molar-refractivity contribution in [3.63, 3.8) is 0 Å². The molecule has 5 aliphatic carbocycles. The number of piperazine rings is 1. The largest absolute Gasteiger partial charge is 0.492 e. The van der Waals surface area contributed by atoms with Gasteiger partial charge in [-0.1, -0.05) is 25.5 Å². The van der Waals surface area contributed by atoms with Crippen molar-refractivity contribution in [1.29, 1.82) is 0 Å². The summed E-state index contributed by atoms with van der Waals surface area (Å²) in [6, 6.07) is 0.366. The van der Waals surface area contributed by atoms with Crippen LogP contribution in [0.25, 0.3) is 10.9 Å². The number of aromatic carboxylic acids is 1. The number of Topliss-reactive ketones (excluding diaryl/α,β-unsaturated/α-hetero) is 1. The zero-order valence-corrected chi connectivity index (χ0v) is 37.9. The predicted octanol–water partition coefficient (Wildman–Crippen LogP) is 3.81. The summed E-state index contributed by atoms with van der Waals surface area (Å²) in [6.45, 7) is 3.76. The molecule has 2 heterocycles. The molecule has 20 heteroatoms. The Kier molecular flexibility index (Phi) is 12.4. The smallest absolute Gasteiger partial charge is 0.413 e. The highest BCUT2D eigenvalue weighted by Crippen LogP contribution is 2.70. The minimum absolute atomic E-state index is 0.0452. The molecule has 1 aromatic heterocycles. The number of hydrogen-bond donors (Lipinski definition) is 3. The normalized spacial score (nSPS) is 32.2. The second kappa shape index (κ2) is 17.4. The van der Waals surface area contributed by atoms with Crippen molar-refractivity contribution in [2.75, 3.05) is 58.3 Å². The number of aromatic nitrogens is 1. The van der Waals surface area contributed by atoms with Crippen LogP contribution in [0.3, 0.4) is 0 Å². The number of carbonyl (C=O) groups is 6. The van der Waals surface area contributed by atoms with E-state index in [-0.39, 0.29) is 66.6 Å². The Labute approximate surface area is 383 Å². The Morgan fingerprint density at radius 1 is 0.955 bits per heavy atom. The first-order valence-corrected chi connectivity index (χ1v) is 22.4. The molecule has 4 saturated carbocycles. The highest BCUT2D eigenvalue weighted by molar-refractivity contribution is 6.01. The third kappa shape index (κ3) is 7.68. The van der Waals surface area contributed by atoms with Gasteiger partial charge < -0.3 is 53.4 Å². The lowest BCUT2D eigenvalue weighted by Gasteiger charge is -2.62. The van der Waals surface area contributed by atoms with E-state index in [2.05, 4.69) is 0 Å². The predicted molar refractivity (Wildman–Crippen MR) is 230 cm³/mol. The number of benzene rings is 1. The van der Waals surface area contributed by atoms with Crippen LogP contribution in [-0.2, 0) is 38.1 Å². The highest BCUT2D eigenvalue weighted by atomic mass is 19.1. The van der Waals surface area contributed by atoms with E-state index in [9.17, 15) is 48.9 Å². The molecular weight excluding hydrogens is 885 g/mol. The zero-order valence-electron chi connectivity index (χ0n) is 37.9. The van der Waals surface area contributed by atoms with Crippen molar-refractivity contribution in [3.8, 4) is 5.75 Å². The molecule has 2 aromatic rings. The number of hydrogen-bond acceptors (Lipinski definition) is 15. The number of carboxylic acid groups (broad SMARTS) is 1. The standard InChI is InChI=1S/C47H55F2N3O15/c1-24-14-32-31-9-6-26-15-28(53)10-11-44(26,3)46(31,49)34(54)17-45(32,4)47(24,62)35(55)20-65-36(56)21-64-22-37(57)66-23-67-43(61)51-13-12-50(18-25(51)2)39-33(48)16-29-38(41(39)63-5)52(27-7-8-27)19-30(40(29)58)42(59)60/h10-11,15-16,19,24-25,27,31-32,34,54,62H,6-9,12-14,17-18,20-23H2,1-5H3,(H,59,60)/t24-,25?,31?,32?,34+,44+,45+,46+,47+/m1/s1. The second-order valence-electron chi connectivity index (χ2n) is 19.2. The average molecular weight is 940 g/mol. The molecule has 6 aliphatic rings. The van der Waals surface area contributed by atoms with Gasteiger partial charge in [-0.05, 0) is 82.4 Å². The Hall–Kier alpha value is -5.73. The summed E-state index contributed by atoms with van der Waals surface area (Å²) in [4.78, 5) is 91.8. The Balaban J connectivity index is 0.794. The minimum atomic E-state index is -2.15. The number of aliphatic hydroxyl groups excluding tert-OH is 1. The van der Waals surface area contributed by atoms with Crippen LogP contribution >= 0.6 is 0 Å². The van der Waals surface area contributed by atoms with E-state index in [4.69, 9.17) is 23.7 Å². The fourth-order valence-electron chi connectivity index (χ4n) is 12.1. The lowest BCUT2D eigenvalue weighted by molar-refractivity contribution is -0.220. The maximum Gasteiger partial charge on any atom is 0.413 e. The molecule has 0 spiro atoms. The Bertz CT molecular complexity index is 2560. The molecule has 1 aromatic carbocycles. The molecule has 67 heavy (non-hydrogen) atoms. The summed E-state index contributed by atoms with van der Waals surface area (Å²) in [6.07, 6.45) is 5.34. The number of ketones is 2. The molecule has 3 N–H and O–H groups in total. The van der Waals surface area contributed by atoms with Crippen LogP contribution in [0.1, 0.15) is 82.6 Å². The van der Waals surface area contributed by atoms with E-state index in [0.717, 1.165) is 18.9 Å². The summed E-state index contributed by atoms with van der Waals surface area (Å²) in [5.41, 5.74) is -7.14. The van der Waals surface area contributed by atoms with Crippen LogP contribution in [0.2, 0.25) is 0 Å². The van der Waals surface area contributed by atoms with Gasteiger partial charge in [0, 0.05) is 54.7 Å². The number of pyridine rings is 1. The van der Waals surface area contributed by atoms with Crippen LogP contribution in [-0.4, -0.2) is 137 Å². The van der Waals surface area contributed by atoms with Gasteiger partial charge in [-0.25, -0.2) is 28.0 Å². The van der Waals surface area contributed by atoms with E-state index in [1.165, 1.54) is 36.4 Å². The monoisotopic (exact) mass is 939 g/mol. The third-order valence-corrected chi connectivity index (χ3v) is 15.6. The van der Waals surface area contributed by atoms with Crippen molar-refractivity contribution < 1.29 is 76.6 Å². The fraction of sp³-hybridized carbons (Fsp3) is 0.596. The van der Waals surface area contributed by atoms with E-state index in [1.54, 1.807) is 37.2 Å². The highest BCUT2D eigenvalue weighted by Gasteiger charge is 2.75. The molecule has 3 unspecified atom stereocenters. The van der Waals surface area contributed by atoms with Crippen molar-refractivity contribution >= 4 is 52.2 Å². The van der Waals surface area contributed by atoms with Gasteiger partial charge >= 0.3 is 24.0 Å². The molecule has 1 aliphatic heterocycles. The number of rotatable bonds is 13. The molecule has 8 rings (SSSR count).